The summed E-state index contributed by atoms with van der Waals surface area (Å²) >= 11 is 0. The molecule has 1 fully saturated rings. The van der Waals surface area contributed by atoms with Crippen molar-refractivity contribution >= 4 is 5.71 Å². The maximum absolute atomic E-state index is 13.0. The average Bonchev–Trinajstić information content (AvgIpc) is 2.70. The van der Waals surface area contributed by atoms with Gasteiger partial charge in [0, 0.05) is 18.3 Å². The van der Waals surface area contributed by atoms with Gasteiger partial charge in [-0.15, -0.1) is 0 Å². The monoisotopic (exact) mass is 384 g/mol. The van der Waals surface area contributed by atoms with Crippen LogP contribution in [0.25, 0.3) is 0 Å². The van der Waals surface area contributed by atoms with E-state index >= 15 is 0 Å². The summed E-state index contributed by atoms with van der Waals surface area (Å²) in [5.41, 5.74) is 3.08. The Labute approximate surface area is 167 Å². The lowest BCUT2D eigenvalue weighted by Crippen LogP contribution is -2.31. The zero-order valence-corrected chi connectivity index (χ0v) is 16.8. The van der Waals surface area contributed by atoms with Crippen molar-refractivity contribution in [1.82, 2.24) is 5.32 Å². The van der Waals surface area contributed by atoms with Crippen molar-refractivity contribution in [1.29, 1.82) is 0 Å². The fraction of sp³-hybridized carbons (Fsp3) is 0.458. The third-order valence-electron chi connectivity index (χ3n) is 5.54. The molecule has 2 aromatic carbocycles. The molecule has 2 nitrogen and oxygen atoms in total. The number of nitrogens with one attached hydrogen (secondary N) is 1. The van der Waals surface area contributed by atoms with E-state index in [1.807, 2.05) is 12.1 Å². The van der Waals surface area contributed by atoms with Crippen molar-refractivity contribution in [3.05, 3.63) is 71.3 Å². The smallest absolute Gasteiger partial charge is 0.123 e. The predicted octanol–water partition coefficient (Wildman–Crippen LogP) is 5.93. The van der Waals surface area contributed by atoms with Gasteiger partial charge in [-0.3, -0.25) is 4.99 Å². The third-order valence-corrected chi connectivity index (χ3v) is 5.54. The van der Waals surface area contributed by atoms with Crippen LogP contribution in [0.5, 0.6) is 0 Å². The highest BCUT2D eigenvalue weighted by Crippen LogP contribution is 2.25. The van der Waals surface area contributed by atoms with Gasteiger partial charge >= 0.3 is 0 Å². The molecule has 3 atom stereocenters. The van der Waals surface area contributed by atoms with Crippen molar-refractivity contribution in [3.63, 3.8) is 0 Å². The highest BCUT2D eigenvalue weighted by atomic mass is 19.1. The van der Waals surface area contributed by atoms with Gasteiger partial charge in [0.2, 0.25) is 0 Å². The summed E-state index contributed by atoms with van der Waals surface area (Å²) in [6, 6.07) is 14.0. The quantitative estimate of drug-likeness (QED) is 0.682. The fourth-order valence-corrected chi connectivity index (χ4v) is 3.73. The number of hydrogen-bond donors (Lipinski definition) is 1. The summed E-state index contributed by atoms with van der Waals surface area (Å²) in [5, 5.41) is 3.45. The Kier molecular flexibility index (Phi) is 7.32. The van der Waals surface area contributed by atoms with Crippen LogP contribution in [-0.2, 0) is 0 Å². The molecular formula is C24H30F2N2. The zero-order valence-electron chi connectivity index (χ0n) is 16.8. The Hall–Kier alpha value is -2.07. The second-order valence-corrected chi connectivity index (χ2v) is 8.14. The molecule has 3 unspecified atom stereocenters. The molecule has 4 heteroatoms. The first-order valence-corrected chi connectivity index (χ1v) is 10.3. The second-order valence-electron chi connectivity index (χ2n) is 8.14. The SMILES string of the molecule is CC1CCC(c2cccc(F)c2)=NC1.CC1CCC(c2cccc(F)c2)NC1. The molecule has 0 spiro atoms. The average molecular weight is 385 g/mol. The Morgan fingerprint density at radius 1 is 0.893 bits per heavy atom. The maximum atomic E-state index is 13.0. The summed E-state index contributed by atoms with van der Waals surface area (Å²) in [7, 11) is 0. The first-order valence-electron chi connectivity index (χ1n) is 10.3. The van der Waals surface area contributed by atoms with Crippen LogP contribution in [0.1, 0.15) is 56.7 Å². The molecule has 0 saturated carbocycles. The summed E-state index contributed by atoms with van der Waals surface area (Å²) in [4.78, 5) is 4.47. The minimum atomic E-state index is -0.177. The molecule has 0 amide bonds. The number of halogens is 2. The topological polar surface area (TPSA) is 24.4 Å². The van der Waals surface area contributed by atoms with Crippen molar-refractivity contribution in [2.24, 2.45) is 16.8 Å². The van der Waals surface area contributed by atoms with Crippen LogP contribution in [-0.4, -0.2) is 18.8 Å². The number of aliphatic imine (C=N–C) groups is 1. The van der Waals surface area contributed by atoms with Gasteiger partial charge in [0.15, 0.2) is 0 Å². The highest BCUT2D eigenvalue weighted by Gasteiger charge is 2.18. The maximum Gasteiger partial charge on any atom is 0.123 e. The molecule has 1 saturated heterocycles. The van der Waals surface area contributed by atoms with Gasteiger partial charge < -0.3 is 5.32 Å². The molecule has 4 rings (SSSR count). The van der Waals surface area contributed by atoms with E-state index in [9.17, 15) is 8.78 Å². The Balaban J connectivity index is 0.000000161. The molecule has 0 aromatic heterocycles. The van der Waals surface area contributed by atoms with Crippen LogP contribution in [0.3, 0.4) is 0 Å². The molecule has 2 aromatic rings. The summed E-state index contributed by atoms with van der Waals surface area (Å²) in [6.07, 6.45) is 4.48. The van der Waals surface area contributed by atoms with Gasteiger partial charge in [-0.1, -0.05) is 38.1 Å². The highest BCUT2D eigenvalue weighted by molar-refractivity contribution is 6.00. The number of hydrogen-bond acceptors (Lipinski definition) is 2. The van der Waals surface area contributed by atoms with E-state index < -0.39 is 0 Å². The molecule has 2 heterocycles. The van der Waals surface area contributed by atoms with E-state index in [0.29, 0.717) is 12.0 Å². The van der Waals surface area contributed by atoms with E-state index in [0.717, 1.165) is 55.1 Å². The van der Waals surface area contributed by atoms with Crippen LogP contribution >= 0.6 is 0 Å². The molecular weight excluding hydrogens is 354 g/mol. The van der Waals surface area contributed by atoms with E-state index in [4.69, 9.17) is 0 Å². The Morgan fingerprint density at radius 3 is 2.25 bits per heavy atom. The van der Waals surface area contributed by atoms with Gasteiger partial charge in [-0.05, 0) is 79.5 Å². The predicted molar refractivity (Wildman–Crippen MR) is 112 cm³/mol. The number of benzene rings is 2. The molecule has 0 bridgehead atoms. The Morgan fingerprint density at radius 2 is 1.64 bits per heavy atom. The standard InChI is InChI=1S/C12H16FN.C12H14FN/c2*1-9-5-6-12(14-8-9)10-3-2-4-11(13)7-10/h2-4,7,9,12,14H,5-6,8H2,1H3;2-4,7,9H,5-6,8H2,1H3. The Bertz CT molecular complexity index is 795. The third kappa shape index (κ3) is 5.96. The van der Waals surface area contributed by atoms with Gasteiger partial charge in [0.05, 0.1) is 0 Å². The minimum Gasteiger partial charge on any atom is -0.310 e. The lowest BCUT2D eigenvalue weighted by molar-refractivity contribution is 0.332. The van der Waals surface area contributed by atoms with Crippen molar-refractivity contribution in [3.8, 4) is 0 Å². The van der Waals surface area contributed by atoms with Gasteiger partial charge in [0.1, 0.15) is 11.6 Å². The van der Waals surface area contributed by atoms with Gasteiger partial charge in [-0.25, -0.2) is 8.78 Å². The van der Waals surface area contributed by atoms with E-state index in [1.165, 1.54) is 18.6 Å². The minimum absolute atomic E-state index is 0.136. The molecule has 150 valence electrons. The molecule has 2 aliphatic rings. The molecule has 0 radical (unpaired) electrons. The summed E-state index contributed by atoms with van der Waals surface area (Å²) < 4.78 is 25.9. The lowest BCUT2D eigenvalue weighted by atomic mass is 9.92. The molecule has 2 aliphatic heterocycles. The summed E-state index contributed by atoms with van der Waals surface area (Å²) in [6.45, 7) is 6.37. The number of nitrogens with zero attached hydrogens (tertiary/aromatic N) is 1. The van der Waals surface area contributed by atoms with Crippen LogP contribution in [0.15, 0.2) is 53.5 Å². The normalized spacial score (nSPS) is 24.7. The van der Waals surface area contributed by atoms with Crippen LogP contribution in [0, 0.1) is 23.5 Å². The lowest BCUT2D eigenvalue weighted by Gasteiger charge is -2.28. The van der Waals surface area contributed by atoms with Crippen molar-refractivity contribution < 1.29 is 8.78 Å². The zero-order chi connectivity index (χ0) is 19.9. The second kappa shape index (κ2) is 9.92. The first kappa shape index (κ1) is 20.7. The summed E-state index contributed by atoms with van der Waals surface area (Å²) in [5.74, 6) is 1.11. The first-order chi connectivity index (χ1) is 13.5. The van der Waals surface area contributed by atoms with Gasteiger partial charge in [-0.2, -0.15) is 0 Å². The van der Waals surface area contributed by atoms with Crippen molar-refractivity contribution in [2.45, 2.75) is 45.6 Å². The van der Waals surface area contributed by atoms with Crippen LogP contribution < -0.4 is 5.32 Å². The van der Waals surface area contributed by atoms with E-state index in [2.05, 4.69) is 24.2 Å². The van der Waals surface area contributed by atoms with Crippen molar-refractivity contribution in [2.75, 3.05) is 13.1 Å². The van der Waals surface area contributed by atoms with E-state index in [-0.39, 0.29) is 11.6 Å². The molecule has 1 N–H and O–H groups in total. The van der Waals surface area contributed by atoms with Crippen LogP contribution in [0.4, 0.5) is 8.78 Å². The molecule has 28 heavy (non-hydrogen) atoms. The fourth-order valence-electron chi connectivity index (χ4n) is 3.73. The largest absolute Gasteiger partial charge is 0.310 e. The number of rotatable bonds is 2. The van der Waals surface area contributed by atoms with Gasteiger partial charge in [0.25, 0.3) is 0 Å². The van der Waals surface area contributed by atoms with E-state index in [1.54, 1.807) is 24.3 Å². The number of piperidine rings is 1. The van der Waals surface area contributed by atoms with Crippen LogP contribution in [0.2, 0.25) is 0 Å². The molecule has 0 aliphatic carbocycles.